The molecule has 0 radical (unpaired) electrons. The van der Waals surface area contributed by atoms with Gasteiger partial charge in [0.2, 0.25) is 0 Å². The van der Waals surface area contributed by atoms with Gasteiger partial charge in [-0.1, -0.05) is 154 Å². The van der Waals surface area contributed by atoms with E-state index in [1.807, 2.05) is 21.1 Å². The minimum atomic E-state index is -4.27. The summed E-state index contributed by atoms with van der Waals surface area (Å²) in [4.78, 5) is 22.8. The summed E-state index contributed by atoms with van der Waals surface area (Å²) < 4.78 is 34.9. The van der Waals surface area contributed by atoms with E-state index in [9.17, 15) is 14.3 Å². The van der Waals surface area contributed by atoms with Crippen molar-refractivity contribution >= 4 is 13.8 Å². The van der Waals surface area contributed by atoms with E-state index in [0.29, 0.717) is 24.1 Å². The molecule has 0 rings (SSSR count). The molecule has 2 atom stereocenters. The van der Waals surface area contributed by atoms with E-state index in [0.717, 1.165) is 44.9 Å². The van der Waals surface area contributed by atoms with Crippen molar-refractivity contribution in [3.05, 3.63) is 24.3 Å². The van der Waals surface area contributed by atoms with Crippen LogP contribution in [0.2, 0.25) is 0 Å². The van der Waals surface area contributed by atoms with Crippen LogP contribution in [0, 0.1) is 0 Å². The fraction of sp³-hybridized carbons (Fsp3) is 0.881. The molecular formula is C42H83NO7P+. The lowest BCUT2D eigenvalue weighted by molar-refractivity contribution is -0.870. The molecule has 0 fully saturated rings. The van der Waals surface area contributed by atoms with Gasteiger partial charge in [-0.05, 0) is 44.9 Å². The van der Waals surface area contributed by atoms with Crippen LogP contribution in [0.25, 0.3) is 0 Å². The Morgan fingerprint density at radius 2 is 1.08 bits per heavy atom. The van der Waals surface area contributed by atoms with Crippen LogP contribution < -0.4 is 0 Å². The van der Waals surface area contributed by atoms with Crippen LogP contribution in [-0.4, -0.2) is 75.6 Å². The lowest BCUT2D eigenvalue weighted by Gasteiger charge is -2.24. The fourth-order valence-corrected chi connectivity index (χ4v) is 6.44. The van der Waals surface area contributed by atoms with Gasteiger partial charge in [-0.3, -0.25) is 13.8 Å². The zero-order valence-electron chi connectivity index (χ0n) is 34.1. The first-order valence-electron chi connectivity index (χ1n) is 21.1. The van der Waals surface area contributed by atoms with Gasteiger partial charge >= 0.3 is 13.8 Å². The van der Waals surface area contributed by atoms with E-state index >= 15 is 0 Å². The summed E-state index contributed by atoms with van der Waals surface area (Å²) in [5.41, 5.74) is 0. The number of allylic oxidation sites excluding steroid dienone is 4. The Labute approximate surface area is 315 Å². The number of rotatable bonds is 39. The maximum Gasteiger partial charge on any atom is 0.472 e. The Bertz CT molecular complexity index is 874. The Morgan fingerprint density at radius 3 is 1.61 bits per heavy atom. The lowest BCUT2D eigenvalue weighted by atomic mass is 10.0. The normalized spacial score (nSPS) is 14.1. The summed E-state index contributed by atoms with van der Waals surface area (Å²) in [7, 11) is 1.66. The van der Waals surface area contributed by atoms with E-state index < -0.39 is 13.9 Å². The Hall–Kier alpha value is -1.02. The Morgan fingerprint density at radius 1 is 0.608 bits per heavy atom. The van der Waals surface area contributed by atoms with Gasteiger partial charge in [-0.15, -0.1) is 0 Å². The van der Waals surface area contributed by atoms with Gasteiger partial charge in [0.25, 0.3) is 0 Å². The number of carbonyl (C=O) groups excluding carboxylic acids is 1. The maximum atomic E-state index is 12.6. The first kappa shape index (κ1) is 50.0. The van der Waals surface area contributed by atoms with Gasteiger partial charge in [0.15, 0.2) is 0 Å². The number of unbranched alkanes of at least 4 members (excludes halogenated alkanes) is 21. The van der Waals surface area contributed by atoms with Crippen molar-refractivity contribution in [3.63, 3.8) is 0 Å². The third-order valence-corrected chi connectivity index (χ3v) is 10.00. The molecule has 2 unspecified atom stereocenters. The maximum absolute atomic E-state index is 12.6. The van der Waals surface area contributed by atoms with E-state index in [1.54, 1.807) is 0 Å². The standard InChI is InChI=1S/C42H82NO7P/c1-6-8-10-12-14-16-18-20-21-22-23-24-26-28-30-32-34-37-47-39-41(40-49-51(45,46)48-38-36-43(3,4)5)50-42(44)35-33-31-29-27-25-19-17-15-13-11-9-7-2/h16,18,21-22,41H,6-15,17,19-20,23-40H2,1-5H3/p+1/b18-16-,22-21-. The Kier molecular flexibility index (Phi) is 35.3. The topological polar surface area (TPSA) is 91.3 Å². The molecular weight excluding hydrogens is 661 g/mol. The molecule has 0 aromatic heterocycles. The minimum absolute atomic E-state index is 0.0881. The molecule has 0 amide bonds. The predicted molar refractivity (Wildman–Crippen MR) is 215 cm³/mol. The van der Waals surface area contributed by atoms with Crippen molar-refractivity contribution in [1.82, 2.24) is 0 Å². The molecule has 0 saturated carbocycles. The van der Waals surface area contributed by atoms with Crippen molar-refractivity contribution in [2.75, 3.05) is 54.1 Å². The van der Waals surface area contributed by atoms with Crippen LogP contribution in [0.1, 0.15) is 181 Å². The lowest BCUT2D eigenvalue weighted by Crippen LogP contribution is -2.37. The van der Waals surface area contributed by atoms with Gasteiger partial charge in [0.05, 0.1) is 34.4 Å². The molecule has 0 aromatic rings. The molecule has 0 aliphatic rings. The third-order valence-electron chi connectivity index (χ3n) is 9.02. The van der Waals surface area contributed by atoms with E-state index in [-0.39, 0.29) is 25.8 Å². The van der Waals surface area contributed by atoms with Crippen molar-refractivity contribution in [2.24, 2.45) is 0 Å². The van der Waals surface area contributed by atoms with Crippen LogP contribution in [0.3, 0.4) is 0 Å². The molecule has 0 aliphatic heterocycles. The van der Waals surface area contributed by atoms with Crippen molar-refractivity contribution in [3.8, 4) is 0 Å². The van der Waals surface area contributed by atoms with E-state index in [1.165, 1.54) is 116 Å². The Balaban J connectivity index is 4.25. The first-order chi connectivity index (χ1) is 24.6. The van der Waals surface area contributed by atoms with Gasteiger partial charge in [-0.25, -0.2) is 4.57 Å². The van der Waals surface area contributed by atoms with Crippen LogP contribution in [-0.2, 0) is 27.9 Å². The highest BCUT2D eigenvalue weighted by Crippen LogP contribution is 2.43. The molecule has 0 spiro atoms. The highest BCUT2D eigenvalue weighted by molar-refractivity contribution is 7.47. The molecule has 0 aromatic carbocycles. The SMILES string of the molecule is CCCCCC/C=C\C/C=C\CCCCCCCCOCC(COP(=O)(O)OCC[N+](C)(C)C)OC(=O)CCCCCCCCCCCCCC. The second-order valence-electron chi connectivity index (χ2n) is 15.4. The smallest absolute Gasteiger partial charge is 0.457 e. The molecule has 8 nitrogen and oxygen atoms in total. The zero-order chi connectivity index (χ0) is 37.7. The first-order valence-corrected chi connectivity index (χ1v) is 22.6. The summed E-state index contributed by atoms with van der Waals surface area (Å²) in [6.45, 7) is 5.59. The quantitative estimate of drug-likeness (QED) is 0.0220. The molecule has 0 bridgehead atoms. The number of carbonyl (C=O) groups is 1. The average Bonchev–Trinajstić information content (AvgIpc) is 3.08. The molecule has 1 N–H and O–H groups in total. The summed E-state index contributed by atoms with van der Waals surface area (Å²) >= 11 is 0. The summed E-state index contributed by atoms with van der Waals surface area (Å²) in [6.07, 6.45) is 39.1. The highest BCUT2D eigenvalue weighted by atomic mass is 31.2. The number of nitrogens with zero attached hydrogens (tertiary/aromatic N) is 1. The van der Waals surface area contributed by atoms with Crippen molar-refractivity contribution in [2.45, 2.75) is 187 Å². The van der Waals surface area contributed by atoms with Gasteiger partial charge < -0.3 is 18.9 Å². The summed E-state index contributed by atoms with van der Waals surface area (Å²) in [5.74, 6) is -0.317. The van der Waals surface area contributed by atoms with Crippen LogP contribution >= 0.6 is 7.82 Å². The molecule has 0 aliphatic carbocycles. The molecule has 51 heavy (non-hydrogen) atoms. The summed E-state index contributed by atoms with van der Waals surface area (Å²) in [6, 6.07) is 0. The molecule has 0 saturated heterocycles. The van der Waals surface area contributed by atoms with Gasteiger partial charge in [0.1, 0.15) is 19.3 Å². The zero-order valence-corrected chi connectivity index (χ0v) is 35.0. The molecule has 302 valence electrons. The molecule has 0 heterocycles. The fourth-order valence-electron chi connectivity index (χ4n) is 5.70. The monoisotopic (exact) mass is 745 g/mol. The number of esters is 1. The number of hydrogen-bond donors (Lipinski definition) is 1. The van der Waals surface area contributed by atoms with Gasteiger partial charge in [-0.2, -0.15) is 0 Å². The highest BCUT2D eigenvalue weighted by Gasteiger charge is 2.26. The van der Waals surface area contributed by atoms with Crippen LogP contribution in [0.4, 0.5) is 0 Å². The van der Waals surface area contributed by atoms with Crippen molar-refractivity contribution in [1.29, 1.82) is 0 Å². The predicted octanol–water partition coefficient (Wildman–Crippen LogP) is 12.0. The van der Waals surface area contributed by atoms with Crippen molar-refractivity contribution < 1.29 is 37.3 Å². The number of quaternary nitrogens is 1. The molecule has 9 heteroatoms. The van der Waals surface area contributed by atoms with E-state index in [4.69, 9.17) is 18.5 Å². The second kappa shape index (κ2) is 36.0. The average molecular weight is 745 g/mol. The number of likely N-dealkylation sites (N-methyl/N-ethyl adjacent to an activating group) is 1. The third kappa shape index (κ3) is 40.0. The summed E-state index contributed by atoms with van der Waals surface area (Å²) in [5, 5.41) is 0. The van der Waals surface area contributed by atoms with Gasteiger partial charge in [0, 0.05) is 13.0 Å². The number of phosphoric ester groups is 1. The second-order valence-corrected chi connectivity index (χ2v) is 16.8. The number of ether oxygens (including phenoxy) is 2. The number of hydrogen-bond acceptors (Lipinski definition) is 6. The van der Waals surface area contributed by atoms with E-state index in [2.05, 4.69) is 38.2 Å². The number of phosphoric acid groups is 1. The van der Waals surface area contributed by atoms with Crippen LogP contribution in [0.15, 0.2) is 24.3 Å². The van der Waals surface area contributed by atoms with Crippen LogP contribution in [0.5, 0.6) is 0 Å². The minimum Gasteiger partial charge on any atom is -0.457 e. The largest absolute Gasteiger partial charge is 0.472 e.